The number of nitrogens with zero attached hydrogens (tertiary/aromatic N) is 4. The van der Waals surface area contributed by atoms with Gasteiger partial charge in [0.2, 0.25) is 0 Å². The van der Waals surface area contributed by atoms with Gasteiger partial charge in [-0.3, -0.25) is 4.79 Å². The Kier molecular flexibility index (Phi) is 3.67. The average molecular weight is 290 g/mol. The monoisotopic (exact) mass is 290 g/mol. The zero-order valence-electron chi connectivity index (χ0n) is 11.2. The van der Waals surface area contributed by atoms with Crippen LogP contribution in [0.1, 0.15) is 12.8 Å². The highest BCUT2D eigenvalue weighted by Gasteiger charge is 2.20. The van der Waals surface area contributed by atoms with E-state index >= 15 is 0 Å². The van der Waals surface area contributed by atoms with E-state index in [4.69, 9.17) is 14.6 Å². The lowest BCUT2D eigenvalue weighted by atomic mass is 10.1. The molecule has 2 heterocycles. The highest BCUT2D eigenvalue weighted by Crippen LogP contribution is 2.38. The molecule has 2 aromatic rings. The van der Waals surface area contributed by atoms with E-state index in [0.717, 1.165) is 5.56 Å². The molecule has 0 saturated heterocycles. The maximum absolute atomic E-state index is 10.6. The van der Waals surface area contributed by atoms with Gasteiger partial charge in [0.05, 0.1) is 5.56 Å². The number of ether oxygens (including phenoxy) is 2. The third-order valence-electron chi connectivity index (χ3n) is 3.10. The summed E-state index contributed by atoms with van der Waals surface area (Å²) in [7, 11) is 0. The van der Waals surface area contributed by atoms with Crippen molar-refractivity contribution in [2.45, 2.75) is 19.4 Å². The van der Waals surface area contributed by atoms with Crippen molar-refractivity contribution in [1.29, 1.82) is 0 Å². The number of aromatic nitrogens is 4. The molecule has 1 aliphatic heterocycles. The number of para-hydroxylation sites is 1. The van der Waals surface area contributed by atoms with E-state index in [2.05, 4.69) is 15.5 Å². The predicted molar refractivity (Wildman–Crippen MR) is 71.1 cm³/mol. The molecule has 0 fully saturated rings. The highest BCUT2D eigenvalue weighted by atomic mass is 16.6. The van der Waals surface area contributed by atoms with E-state index in [1.54, 1.807) is 4.68 Å². The predicted octanol–water partition coefficient (Wildman–Crippen LogP) is 0.976. The van der Waals surface area contributed by atoms with Gasteiger partial charge in [0.1, 0.15) is 13.2 Å². The van der Waals surface area contributed by atoms with Crippen molar-refractivity contribution < 1.29 is 19.4 Å². The van der Waals surface area contributed by atoms with Crippen LogP contribution in [0.3, 0.4) is 0 Å². The van der Waals surface area contributed by atoms with E-state index < -0.39 is 5.97 Å². The first-order valence-electron chi connectivity index (χ1n) is 6.62. The summed E-state index contributed by atoms with van der Waals surface area (Å²) in [5.74, 6) is 0.998. The molecular weight excluding hydrogens is 276 g/mol. The van der Waals surface area contributed by atoms with Crippen LogP contribution < -0.4 is 9.47 Å². The number of hydrogen-bond acceptors (Lipinski definition) is 6. The summed E-state index contributed by atoms with van der Waals surface area (Å²) in [4.78, 5) is 10.6. The van der Waals surface area contributed by atoms with Crippen LogP contribution in [0.15, 0.2) is 18.2 Å². The van der Waals surface area contributed by atoms with Crippen LogP contribution >= 0.6 is 0 Å². The van der Waals surface area contributed by atoms with E-state index in [0.29, 0.717) is 43.5 Å². The number of hydrogen-bond donors (Lipinski definition) is 1. The van der Waals surface area contributed by atoms with Crippen molar-refractivity contribution in [3.63, 3.8) is 0 Å². The minimum absolute atomic E-state index is 0.0752. The fourth-order valence-electron chi connectivity index (χ4n) is 2.18. The lowest BCUT2D eigenvalue weighted by Gasteiger charge is -2.20. The summed E-state index contributed by atoms with van der Waals surface area (Å²) in [6, 6.07) is 5.53. The Morgan fingerprint density at radius 1 is 1.33 bits per heavy atom. The molecule has 3 rings (SSSR count). The average Bonchev–Trinajstić information content (AvgIpc) is 2.94. The molecule has 110 valence electrons. The van der Waals surface area contributed by atoms with Crippen LogP contribution in [0.2, 0.25) is 0 Å². The Morgan fingerprint density at radius 2 is 2.19 bits per heavy atom. The molecule has 21 heavy (non-hydrogen) atoms. The van der Waals surface area contributed by atoms with Crippen LogP contribution in [0.5, 0.6) is 11.5 Å². The number of aliphatic carboxylic acids is 1. The summed E-state index contributed by atoms with van der Waals surface area (Å²) in [6.07, 6.45) is 0.533. The lowest BCUT2D eigenvalue weighted by Crippen LogP contribution is -2.16. The molecule has 0 spiro atoms. The second-order valence-corrected chi connectivity index (χ2v) is 4.55. The summed E-state index contributed by atoms with van der Waals surface area (Å²) in [5.41, 5.74) is 0.743. The normalized spacial score (nSPS) is 13.1. The van der Waals surface area contributed by atoms with Gasteiger partial charge in [0.25, 0.3) is 0 Å². The van der Waals surface area contributed by atoms with Gasteiger partial charge in [-0.1, -0.05) is 6.07 Å². The van der Waals surface area contributed by atoms with Crippen LogP contribution in [-0.4, -0.2) is 44.5 Å². The number of carboxylic acids is 1. The number of fused-ring (bicyclic) bond motifs is 1. The first kappa shape index (κ1) is 13.3. The summed E-state index contributed by atoms with van der Waals surface area (Å²) in [6.45, 7) is 1.42. The van der Waals surface area contributed by atoms with Crippen molar-refractivity contribution in [2.24, 2.45) is 0 Å². The molecule has 0 unspecified atom stereocenters. The molecule has 1 aromatic carbocycles. The third kappa shape index (κ3) is 2.78. The fraction of sp³-hybridized carbons (Fsp3) is 0.385. The van der Waals surface area contributed by atoms with Gasteiger partial charge in [-0.2, -0.15) is 0 Å². The topological polar surface area (TPSA) is 99.4 Å². The molecule has 8 heteroatoms. The molecule has 0 radical (unpaired) electrons. The minimum atomic E-state index is -0.835. The fourth-order valence-corrected chi connectivity index (χ4v) is 2.18. The zero-order chi connectivity index (χ0) is 14.7. The highest BCUT2D eigenvalue weighted by molar-refractivity contribution is 5.69. The van der Waals surface area contributed by atoms with Gasteiger partial charge in [-0.25, -0.2) is 4.68 Å². The first-order chi connectivity index (χ1) is 10.3. The SMILES string of the molecule is O=C(O)CCCn1nnnc1-c1cccc2c1OCCO2. The number of carboxylic acid groups (broad SMARTS) is 1. The summed E-state index contributed by atoms with van der Waals surface area (Å²) < 4.78 is 12.8. The molecule has 0 amide bonds. The van der Waals surface area contributed by atoms with E-state index in [9.17, 15) is 4.79 Å². The molecule has 8 nitrogen and oxygen atoms in total. The molecule has 1 N–H and O–H groups in total. The maximum Gasteiger partial charge on any atom is 0.303 e. The van der Waals surface area contributed by atoms with Crippen LogP contribution in [0, 0.1) is 0 Å². The Hall–Kier alpha value is -2.64. The zero-order valence-corrected chi connectivity index (χ0v) is 11.2. The summed E-state index contributed by atoms with van der Waals surface area (Å²) in [5, 5.41) is 20.3. The van der Waals surface area contributed by atoms with E-state index in [-0.39, 0.29) is 6.42 Å². The molecule has 1 aromatic heterocycles. The summed E-state index contributed by atoms with van der Waals surface area (Å²) >= 11 is 0. The number of tetrazole rings is 1. The molecule has 1 aliphatic rings. The largest absolute Gasteiger partial charge is 0.486 e. The molecule has 0 saturated carbocycles. The first-order valence-corrected chi connectivity index (χ1v) is 6.62. The van der Waals surface area contributed by atoms with Gasteiger partial charge in [0, 0.05) is 13.0 Å². The van der Waals surface area contributed by atoms with Gasteiger partial charge >= 0.3 is 5.97 Å². The Balaban J connectivity index is 1.88. The Labute approximate surface area is 120 Å². The van der Waals surface area contributed by atoms with Crippen molar-refractivity contribution in [3.05, 3.63) is 18.2 Å². The van der Waals surface area contributed by atoms with Crippen LogP contribution in [0.4, 0.5) is 0 Å². The Bertz CT molecular complexity index is 655. The number of aryl methyl sites for hydroxylation is 1. The van der Waals surface area contributed by atoms with Crippen LogP contribution in [-0.2, 0) is 11.3 Å². The van der Waals surface area contributed by atoms with Crippen LogP contribution in [0.25, 0.3) is 11.4 Å². The number of carbonyl (C=O) groups is 1. The third-order valence-corrected chi connectivity index (χ3v) is 3.10. The second kappa shape index (κ2) is 5.78. The maximum atomic E-state index is 10.6. The van der Waals surface area contributed by atoms with Gasteiger partial charge in [-0.05, 0) is 29.0 Å². The minimum Gasteiger partial charge on any atom is -0.486 e. The van der Waals surface area contributed by atoms with Crippen molar-refractivity contribution in [2.75, 3.05) is 13.2 Å². The smallest absolute Gasteiger partial charge is 0.303 e. The van der Waals surface area contributed by atoms with Crippen molar-refractivity contribution >= 4 is 5.97 Å². The van der Waals surface area contributed by atoms with E-state index in [1.807, 2.05) is 18.2 Å². The van der Waals surface area contributed by atoms with Crippen molar-refractivity contribution in [3.8, 4) is 22.9 Å². The van der Waals surface area contributed by atoms with E-state index in [1.165, 1.54) is 0 Å². The Morgan fingerprint density at radius 3 is 3.05 bits per heavy atom. The molecule has 0 atom stereocenters. The molecular formula is C13H14N4O4. The second-order valence-electron chi connectivity index (χ2n) is 4.55. The number of benzene rings is 1. The lowest BCUT2D eigenvalue weighted by molar-refractivity contribution is -0.137. The molecule has 0 aliphatic carbocycles. The molecule has 0 bridgehead atoms. The van der Waals surface area contributed by atoms with Gasteiger partial charge < -0.3 is 14.6 Å². The van der Waals surface area contributed by atoms with Gasteiger partial charge in [0.15, 0.2) is 17.3 Å². The standard InChI is InChI=1S/C13H14N4O4/c18-11(19)5-2-6-17-13(14-15-16-17)9-3-1-4-10-12(9)21-8-7-20-10/h1,3-4H,2,5-8H2,(H,18,19). The van der Waals surface area contributed by atoms with Gasteiger partial charge in [-0.15, -0.1) is 5.10 Å². The number of rotatable bonds is 5. The quantitative estimate of drug-likeness (QED) is 0.876. The van der Waals surface area contributed by atoms with Crippen molar-refractivity contribution in [1.82, 2.24) is 20.2 Å².